The van der Waals surface area contributed by atoms with Crippen LogP contribution >= 0.6 is 15.9 Å². The van der Waals surface area contributed by atoms with Gasteiger partial charge in [-0.05, 0) is 45.8 Å². The third-order valence-corrected chi connectivity index (χ3v) is 5.17. The van der Waals surface area contributed by atoms with Crippen molar-refractivity contribution in [3.63, 3.8) is 0 Å². The van der Waals surface area contributed by atoms with Crippen molar-refractivity contribution in [2.75, 3.05) is 23.8 Å². The molecule has 27 heavy (non-hydrogen) atoms. The van der Waals surface area contributed by atoms with Crippen molar-refractivity contribution in [2.45, 2.75) is 12.8 Å². The Morgan fingerprint density at radius 1 is 1.15 bits per heavy atom. The van der Waals surface area contributed by atoms with E-state index in [0.29, 0.717) is 18.7 Å². The van der Waals surface area contributed by atoms with Gasteiger partial charge < -0.3 is 15.5 Å². The maximum absolute atomic E-state index is 12.6. The lowest BCUT2D eigenvalue weighted by atomic mass is 10.1. The van der Waals surface area contributed by atoms with E-state index < -0.39 is 5.92 Å². The van der Waals surface area contributed by atoms with E-state index >= 15 is 0 Å². The van der Waals surface area contributed by atoms with Crippen molar-refractivity contribution in [1.29, 1.82) is 0 Å². The molecule has 0 bridgehead atoms. The Morgan fingerprint density at radius 2 is 1.85 bits per heavy atom. The number of nitrogens with one attached hydrogen (secondary N) is 2. The average molecular weight is 430 g/mol. The zero-order chi connectivity index (χ0) is 19.4. The first-order valence-corrected chi connectivity index (χ1v) is 9.42. The minimum atomic E-state index is -0.407. The number of anilines is 2. The number of hydrogen-bond donors (Lipinski definition) is 2. The van der Waals surface area contributed by atoms with Crippen LogP contribution in [0.25, 0.3) is 0 Å². The second-order valence-corrected chi connectivity index (χ2v) is 7.25. The predicted molar refractivity (Wildman–Crippen MR) is 107 cm³/mol. The largest absolute Gasteiger partial charge is 0.359 e. The zero-order valence-electron chi connectivity index (χ0n) is 14.9. The average Bonchev–Trinajstić information content (AvgIpc) is 3.05. The minimum absolute atomic E-state index is 0.0663. The Morgan fingerprint density at radius 3 is 2.52 bits per heavy atom. The lowest BCUT2D eigenvalue weighted by Gasteiger charge is -2.18. The third-order valence-electron chi connectivity index (χ3n) is 4.50. The van der Waals surface area contributed by atoms with E-state index in [1.54, 1.807) is 36.2 Å². The molecule has 0 radical (unpaired) electrons. The highest BCUT2D eigenvalue weighted by Crippen LogP contribution is 2.31. The number of rotatable bonds is 5. The second-order valence-electron chi connectivity index (χ2n) is 6.39. The van der Waals surface area contributed by atoms with Crippen LogP contribution in [-0.4, -0.2) is 31.3 Å². The fraction of sp³-hybridized carbons (Fsp3) is 0.250. The predicted octanol–water partition coefficient (Wildman–Crippen LogP) is 2.73. The summed E-state index contributed by atoms with van der Waals surface area (Å²) in [6, 6.07) is 14.6. The molecule has 0 unspecified atom stereocenters. The van der Waals surface area contributed by atoms with Crippen molar-refractivity contribution in [3.8, 4) is 0 Å². The summed E-state index contributed by atoms with van der Waals surface area (Å²) in [5.41, 5.74) is 2.28. The monoisotopic (exact) mass is 429 g/mol. The highest BCUT2D eigenvalue weighted by Gasteiger charge is 2.35. The van der Waals surface area contributed by atoms with E-state index in [2.05, 4.69) is 26.6 Å². The molecule has 1 atom stereocenters. The summed E-state index contributed by atoms with van der Waals surface area (Å²) >= 11 is 3.45. The van der Waals surface area contributed by atoms with E-state index in [1.165, 1.54) is 0 Å². The number of likely N-dealkylation sites (N-methyl/N-ethyl adjacent to an activating group) is 1. The van der Waals surface area contributed by atoms with Crippen molar-refractivity contribution in [1.82, 2.24) is 5.32 Å². The summed E-state index contributed by atoms with van der Waals surface area (Å²) in [5, 5.41) is 5.43. The van der Waals surface area contributed by atoms with Gasteiger partial charge in [-0.15, -0.1) is 0 Å². The smallest absolute Gasteiger partial charge is 0.229 e. The van der Waals surface area contributed by atoms with E-state index in [4.69, 9.17) is 0 Å². The Labute approximate surface area is 166 Å². The molecule has 3 rings (SSSR count). The number of carbonyl (C=O) groups excluding carboxylic acids is 3. The van der Waals surface area contributed by atoms with Gasteiger partial charge in [-0.1, -0.05) is 24.3 Å². The Balaban J connectivity index is 1.63. The van der Waals surface area contributed by atoms with Crippen molar-refractivity contribution in [3.05, 3.63) is 58.6 Å². The number of para-hydroxylation sites is 1. The van der Waals surface area contributed by atoms with Gasteiger partial charge in [-0.3, -0.25) is 14.4 Å². The first-order valence-electron chi connectivity index (χ1n) is 8.63. The van der Waals surface area contributed by atoms with Gasteiger partial charge in [0.05, 0.1) is 18.0 Å². The molecule has 2 aromatic carbocycles. The normalized spacial score (nSPS) is 16.3. The molecule has 0 aromatic heterocycles. The molecule has 1 saturated heterocycles. The summed E-state index contributed by atoms with van der Waals surface area (Å²) in [7, 11) is 1.59. The molecule has 0 aliphatic carbocycles. The molecule has 140 valence electrons. The van der Waals surface area contributed by atoms with Gasteiger partial charge in [-0.2, -0.15) is 0 Å². The van der Waals surface area contributed by atoms with Crippen molar-refractivity contribution in [2.24, 2.45) is 5.92 Å². The summed E-state index contributed by atoms with van der Waals surface area (Å²) in [6.45, 7) is 0.349. The second kappa shape index (κ2) is 8.35. The molecule has 6 nitrogen and oxygen atoms in total. The summed E-state index contributed by atoms with van der Waals surface area (Å²) in [4.78, 5) is 38.0. The van der Waals surface area contributed by atoms with Gasteiger partial charge in [0.1, 0.15) is 0 Å². The molecule has 2 N–H and O–H groups in total. The van der Waals surface area contributed by atoms with Crippen LogP contribution in [0, 0.1) is 5.92 Å². The van der Waals surface area contributed by atoms with E-state index in [0.717, 1.165) is 15.7 Å². The topological polar surface area (TPSA) is 78.5 Å². The summed E-state index contributed by atoms with van der Waals surface area (Å²) < 4.78 is 0.825. The molecule has 0 spiro atoms. The third kappa shape index (κ3) is 4.54. The van der Waals surface area contributed by atoms with Crippen molar-refractivity contribution < 1.29 is 14.4 Å². The zero-order valence-corrected chi connectivity index (χ0v) is 16.5. The van der Waals surface area contributed by atoms with Crippen LogP contribution in [0.4, 0.5) is 11.4 Å². The molecular formula is C20H20BrN3O3. The van der Waals surface area contributed by atoms with E-state index in [9.17, 15) is 14.4 Å². The quantitative estimate of drug-likeness (QED) is 0.766. The van der Waals surface area contributed by atoms with Gasteiger partial charge in [0.25, 0.3) is 0 Å². The minimum Gasteiger partial charge on any atom is -0.359 e. The molecule has 3 amide bonds. The molecule has 1 heterocycles. The highest BCUT2D eigenvalue weighted by atomic mass is 79.9. The van der Waals surface area contributed by atoms with Gasteiger partial charge in [-0.25, -0.2) is 0 Å². The lowest BCUT2D eigenvalue weighted by Crippen LogP contribution is -2.28. The van der Waals surface area contributed by atoms with Gasteiger partial charge >= 0.3 is 0 Å². The maximum atomic E-state index is 12.6. The number of benzene rings is 2. The first kappa shape index (κ1) is 19.1. The SMILES string of the molecule is CNC(=O)Cc1ccc(NC(=O)[C@H]2CC(=O)N(c3ccccc3Br)C2)cc1. The molecule has 1 fully saturated rings. The number of carbonyl (C=O) groups is 3. The number of nitrogens with zero attached hydrogens (tertiary/aromatic N) is 1. The highest BCUT2D eigenvalue weighted by molar-refractivity contribution is 9.10. The Bertz CT molecular complexity index is 867. The van der Waals surface area contributed by atoms with Crippen LogP contribution < -0.4 is 15.5 Å². The fourth-order valence-electron chi connectivity index (χ4n) is 3.01. The first-order chi connectivity index (χ1) is 13.0. The molecule has 7 heteroatoms. The van der Waals surface area contributed by atoms with Gasteiger partial charge in [0.15, 0.2) is 0 Å². The summed E-state index contributed by atoms with van der Waals surface area (Å²) in [5.74, 6) is -0.724. The number of hydrogen-bond acceptors (Lipinski definition) is 3. The standard InChI is InChI=1S/C20H20BrN3O3/c1-22-18(25)10-13-6-8-15(9-7-13)23-20(27)14-11-19(26)24(12-14)17-5-3-2-4-16(17)21/h2-9,14H,10-12H2,1H3,(H,22,25)(H,23,27)/t14-/m0/s1. The number of halogens is 1. The molecule has 1 aliphatic heterocycles. The van der Waals surface area contributed by atoms with Crippen molar-refractivity contribution >= 4 is 45.0 Å². The summed E-state index contributed by atoms with van der Waals surface area (Å²) in [6.07, 6.45) is 0.477. The fourth-order valence-corrected chi connectivity index (χ4v) is 3.51. The molecular weight excluding hydrogens is 410 g/mol. The van der Waals surface area contributed by atoms with Crippen LogP contribution in [0.2, 0.25) is 0 Å². The molecule has 1 aliphatic rings. The van der Waals surface area contributed by atoms with E-state index in [-0.39, 0.29) is 24.1 Å². The van der Waals surface area contributed by atoms with Crippen LogP contribution in [-0.2, 0) is 20.8 Å². The molecule has 2 aromatic rings. The lowest BCUT2D eigenvalue weighted by molar-refractivity contribution is -0.122. The maximum Gasteiger partial charge on any atom is 0.229 e. The van der Waals surface area contributed by atoms with Crippen LogP contribution in [0.5, 0.6) is 0 Å². The van der Waals surface area contributed by atoms with Crippen LogP contribution in [0.1, 0.15) is 12.0 Å². The van der Waals surface area contributed by atoms with Crippen LogP contribution in [0.3, 0.4) is 0 Å². The van der Waals surface area contributed by atoms with Gasteiger partial charge in [0.2, 0.25) is 17.7 Å². The van der Waals surface area contributed by atoms with Crippen LogP contribution in [0.15, 0.2) is 53.0 Å². The molecule has 0 saturated carbocycles. The van der Waals surface area contributed by atoms with Gasteiger partial charge in [0, 0.05) is 30.2 Å². The number of amides is 3. The Kier molecular flexibility index (Phi) is 5.91. The van der Waals surface area contributed by atoms with E-state index in [1.807, 2.05) is 24.3 Å². The Hall–Kier alpha value is -2.67.